The number of hydrogen-bond acceptors (Lipinski definition) is 4. The Morgan fingerprint density at radius 2 is 1.95 bits per heavy atom. The molecule has 0 radical (unpaired) electrons. The van der Waals surface area contributed by atoms with E-state index < -0.39 is 0 Å². The Morgan fingerprint density at radius 3 is 2.55 bits per heavy atom. The first-order chi connectivity index (χ1) is 9.63. The summed E-state index contributed by atoms with van der Waals surface area (Å²) in [5.41, 5.74) is 7.68. The van der Waals surface area contributed by atoms with Crippen molar-refractivity contribution in [3.8, 4) is 11.8 Å². The molecule has 0 saturated carbocycles. The molecule has 2 aromatic rings. The van der Waals surface area contributed by atoms with E-state index in [2.05, 4.69) is 5.32 Å². The number of nitrogens with zero attached hydrogens (tertiary/aromatic N) is 1. The number of nitrogen functional groups attached to an aromatic ring is 1. The van der Waals surface area contributed by atoms with Gasteiger partial charge in [0, 0.05) is 11.3 Å². The fourth-order valence-corrected chi connectivity index (χ4v) is 1.71. The molecule has 0 bridgehead atoms. The van der Waals surface area contributed by atoms with Crippen LogP contribution in [0.25, 0.3) is 0 Å². The monoisotopic (exact) mass is 267 g/mol. The van der Waals surface area contributed by atoms with Gasteiger partial charge in [-0.05, 0) is 42.5 Å². The second-order valence-electron chi connectivity index (χ2n) is 4.10. The highest BCUT2D eigenvalue weighted by Gasteiger charge is 2.10. The number of benzene rings is 2. The second kappa shape index (κ2) is 5.76. The zero-order valence-electron chi connectivity index (χ0n) is 10.9. The molecule has 2 rings (SSSR count). The summed E-state index contributed by atoms with van der Waals surface area (Å²) in [7, 11) is 1.52. The lowest BCUT2D eigenvalue weighted by Gasteiger charge is -2.11. The van der Waals surface area contributed by atoms with Gasteiger partial charge in [0.25, 0.3) is 5.91 Å². The molecule has 0 unspecified atom stereocenters. The molecule has 1 amide bonds. The molecule has 5 heteroatoms. The second-order valence-corrected chi connectivity index (χ2v) is 4.10. The molecule has 3 N–H and O–H groups in total. The van der Waals surface area contributed by atoms with Crippen LogP contribution in [0.2, 0.25) is 0 Å². The number of hydrogen-bond donors (Lipinski definition) is 2. The number of nitriles is 1. The summed E-state index contributed by atoms with van der Waals surface area (Å²) in [6, 6.07) is 13.4. The lowest BCUT2D eigenvalue weighted by atomic mass is 10.1. The zero-order chi connectivity index (χ0) is 14.5. The average Bonchev–Trinajstić information content (AvgIpc) is 2.47. The summed E-state index contributed by atoms with van der Waals surface area (Å²) in [4.78, 5) is 12.1. The number of carbonyl (C=O) groups excluding carboxylic acids is 1. The van der Waals surface area contributed by atoms with E-state index in [0.717, 1.165) is 0 Å². The van der Waals surface area contributed by atoms with Crippen molar-refractivity contribution < 1.29 is 9.53 Å². The van der Waals surface area contributed by atoms with Gasteiger partial charge in [-0.3, -0.25) is 4.79 Å². The van der Waals surface area contributed by atoms with E-state index in [9.17, 15) is 4.79 Å². The number of anilines is 2. The molecule has 5 nitrogen and oxygen atoms in total. The van der Waals surface area contributed by atoms with Crippen LogP contribution in [-0.4, -0.2) is 13.0 Å². The highest BCUT2D eigenvalue weighted by Crippen LogP contribution is 2.26. The van der Waals surface area contributed by atoms with Crippen LogP contribution < -0.4 is 15.8 Å². The van der Waals surface area contributed by atoms with E-state index in [4.69, 9.17) is 15.7 Å². The third kappa shape index (κ3) is 2.87. The number of nitrogens with two attached hydrogens (primary N) is 1. The molecule has 0 aliphatic carbocycles. The van der Waals surface area contributed by atoms with Crippen LogP contribution in [0.5, 0.6) is 5.75 Å². The van der Waals surface area contributed by atoms with Gasteiger partial charge in [-0.1, -0.05) is 0 Å². The predicted octanol–water partition coefficient (Wildman–Crippen LogP) is 2.40. The van der Waals surface area contributed by atoms with E-state index >= 15 is 0 Å². The molecular weight excluding hydrogens is 254 g/mol. The van der Waals surface area contributed by atoms with E-state index in [1.54, 1.807) is 42.5 Å². The van der Waals surface area contributed by atoms with Gasteiger partial charge in [0.05, 0.1) is 24.4 Å². The first kappa shape index (κ1) is 13.4. The standard InChI is InChI=1S/C15H13N3O2/c1-20-14-7-6-12(17)8-13(14)18-15(19)11-4-2-10(9-16)3-5-11/h2-8H,17H2,1H3,(H,18,19). The smallest absolute Gasteiger partial charge is 0.255 e. The lowest BCUT2D eigenvalue weighted by Crippen LogP contribution is -2.12. The van der Waals surface area contributed by atoms with Crippen LogP contribution in [0.1, 0.15) is 15.9 Å². The van der Waals surface area contributed by atoms with Crippen molar-refractivity contribution in [1.29, 1.82) is 5.26 Å². The molecule has 0 saturated heterocycles. The molecule has 0 aliphatic rings. The SMILES string of the molecule is COc1ccc(N)cc1NC(=O)c1ccc(C#N)cc1. The van der Waals surface area contributed by atoms with Gasteiger partial charge in [0.2, 0.25) is 0 Å². The molecule has 100 valence electrons. The van der Waals surface area contributed by atoms with Crippen LogP contribution in [0.3, 0.4) is 0 Å². The van der Waals surface area contributed by atoms with Crippen molar-refractivity contribution >= 4 is 17.3 Å². The maximum Gasteiger partial charge on any atom is 0.255 e. The minimum Gasteiger partial charge on any atom is -0.495 e. The van der Waals surface area contributed by atoms with Gasteiger partial charge in [-0.15, -0.1) is 0 Å². The summed E-state index contributed by atoms with van der Waals surface area (Å²) in [5.74, 6) is 0.236. The van der Waals surface area contributed by atoms with Crippen molar-refractivity contribution in [1.82, 2.24) is 0 Å². The third-order valence-corrected chi connectivity index (χ3v) is 2.75. The fourth-order valence-electron chi connectivity index (χ4n) is 1.71. The minimum absolute atomic E-state index is 0.293. The molecule has 20 heavy (non-hydrogen) atoms. The maximum absolute atomic E-state index is 12.1. The molecule has 0 atom stereocenters. The molecule has 2 aromatic carbocycles. The molecule has 0 fully saturated rings. The summed E-state index contributed by atoms with van der Waals surface area (Å²) in [5, 5.41) is 11.4. The van der Waals surface area contributed by atoms with E-state index in [1.165, 1.54) is 7.11 Å². The first-order valence-corrected chi connectivity index (χ1v) is 5.89. The third-order valence-electron chi connectivity index (χ3n) is 2.75. The van der Waals surface area contributed by atoms with Crippen LogP contribution in [0.15, 0.2) is 42.5 Å². The first-order valence-electron chi connectivity index (χ1n) is 5.89. The van der Waals surface area contributed by atoms with Gasteiger partial charge in [0.1, 0.15) is 5.75 Å². The number of methoxy groups -OCH3 is 1. The minimum atomic E-state index is -0.293. The molecule has 0 spiro atoms. The van der Waals surface area contributed by atoms with E-state index in [0.29, 0.717) is 28.3 Å². The average molecular weight is 267 g/mol. The van der Waals surface area contributed by atoms with Crippen LogP contribution >= 0.6 is 0 Å². The topological polar surface area (TPSA) is 88.1 Å². The highest BCUT2D eigenvalue weighted by atomic mass is 16.5. The van der Waals surface area contributed by atoms with Crippen molar-refractivity contribution in [2.24, 2.45) is 0 Å². The Hall–Kier alpha value is -3.00. The van der Waals surface area contributed by atoms with Crippen molar-refractivity contribution in [3.63, 3.8) is 0 Å². The normalized spacial score (nSPS) is 9.60. The lowest BCUT2D eigenvalue weighted by molar-refractivity contribution is 0.102. The Balaban J connectivity index is 2.23. The van der Waals surface area contributed by atoms with E-state index in [1.807, 2.05) is 6.07 Å². The van der Waals surface area contributed by atoms with Gasteiger partial charge >= 0.3 is 0 Å². The molecule has 0 heterocycles. The van der Waals surface area contributed by atoms with Crippen molar-refractivity contribution in [2.75, 3.05) is 18.2 Å². The summed E-state index contributed by atoms with van der Waals surface area (Å²) < 4.78 is 5.16. The number of carbonyl (C=O) groups is 1. The summed E-state index contributed by atoms with van der Waals surface area (Å²) >= 11 is 0. The largest absolute Gasteiger partial charge is 0.495 e. The van der Waals surface area contributed by atoms with Gasteiger partial charge in [0.15, 0.2) is 0 Å². The predicted molar refractivity (Wildman–Crippen MR) is 76.5 cm³/mol. The number of nitrogens with one attached hydrogen (secondary N) is 1. The van der Waals surface area contributed by atoms with Gasteiger partial charge in [-0.2, -0.15) is 5.26 Å². The fraction of sp³-hybridized carbons (Fsp3) is 0.0667. The Kier molecular flexibility index (Phi) is 3.87. The zero-order valence-corrected chi connectivity index (χ0v) is 10.9. The number of ether oxygens (including phenoxy) is 1. The van der Waals surface area contributed by atoms with Gasteiger partial charge in [-0.25, -0.2) is 0 Å². The number of amides is 1. The molecule has 0 aromatic heterocycles. The van der Waals surface area contributed by atoms with Crippen LogP contribution in [0.4, 0.5) is 11.4 Å². The Bertz CT molecular complexity index is 673. The van der Waals surface area contributed by atoms with Crippen molar-refractivity contribution in [2.45, 2.75) is 0 Å². The van der Waals surface area contributed by atoms with Crippen LogP contribution in [0, 0.1) is 11.3 Å². The summed E-state index contributed by atoms with van der Waals surface area (Å²) in [6.45, 7) is 0. The van der Waals surface area contributed by atoms with Crippen molar-refractivity contribution in [3.05, 3.63) is 53.6 Å². The maximum atomic E-state index is 12.1. The molecule has 0 aliphatic heterocycles. The van der Waals surface area contributed by atoms with Crippen LogP contribution in [-0.2, 0) is 0 Å². The van der Waals surface area contributed by atoms with E-state index in [-0.39, 0.29) is 5.91 Å². The Labute approximate surface area is 116 Å². The molecular formula is C15H13N3O2. The quantitative estimate of drug-likeness (QED) is 0.836. The van der Waals surface area contributed by atoms with Gasteiger partial charge < -0.3 is 15.8 Å². The highest BCUT2D eigenvalue weighted by molar-refractivity contribution is 6.05. The summed E-state index contributed by atoms with van der Waals surface area (Å²) in [6.07, 6.45) is 0. The number of rotatable bonds is 3. The Morgan fingerprint density at radius 1 is 1.25 bits per heavy atom.